The summed E-state index contributed by atoms with van der Waals surface area (Å²) in [4.78, 5) is 7.43. The first-order valence-corrected chi connectivity index (χ1v) is 7.17. The molecule has 0 saturated carbocycles. The predicted molar refractivity (Wildman–Crippen MR) is 79.1 cm³/mol. The number of hydrogen-bond donors (Lipinski definition) is 2. The standard InChI is InChI=1S/C16H22N2O2/c1-13-17-12-14(18-13)8-4-2-3-7-11-20-16-10-6-5-9-15(16)19/h5-6,9-10,12,19H,2-4,7-8,11H2,1H3,(H,17,18). The molecule has 1 heterocycles. The third-order valence-electron chi connectivity index (χ3n) is 3.22. The lowest BCUT2D eigenvalue weighted by Gasteiger charge is -2.07. The number of unbranched alkanes of at least 4 members (excludes halogenated alkanes) is 3. The van der Waals surface area contributed by atoms with Gasteiger partial charge in [-0.25, -0.2) is 4.98 Å². The molecule has 0 radical (unpaired) electrons. The molecule has 0 amide bonds. The van der Waals surface area contributed by atoms with Gasteiger partial charge in [0.05, 0.1) is 6.61 Å². The monoisotopic (exact) mass is 274 g/mol. The number of aromatic nitrogens is 2. The van der Waals surface area contributed by atoms with Gasteiger partial charge in [-0.15, -0.1) is 0 Å². The highest BCUT2D eigenvalue weighted by atomic mass is 16.5. The quantitative estimate of drug-likeness (QED) is 0.723. The molecule has 2 rings (SSSR count). The number of aryl methyl sites for hydroxylation is 2. The summed E-state index contributed by atoms with van der Waals surface area (Å²) >= 11 is 0. The molecule has 4 heteroatoms. The Kier molecular flexibility index (Phi) is 5.47. The van der Waals surface area contributed by atoms with Crippen molar-refractivity contribution in [2.24, 2.45) is 0 Å². The number of aromatic amines is 1. The van der Waals surface area contributed by atoms with E-state index in [-0.39, 0.29) is 5.75 Å². The summed E-state index contributed by atoms with van der Waals surface area (Å²) in [5.41, 5.74) is 1.22. The van der Waals surface area contributed by atoms with Gasteiger partial charge >= 0.3 is 0 Å². The summed E-state index contributed by atoms with van der Waals surface area (Å²) in [7, 11) is 0. The van der Waals surface area contributed by atoms with Crippen LogP contribution in [0.4, 0.5) is 0 Å². The minimum Gasteiger partial charge on any atom is -0.504 e. The Labute approximate surface area is 119 Å². The van der Waals surface area contributed by atoms with Crippen LogP contribution < -0.4 is 4.74 Å². The number of imidazole rings is 1. The van der Waals surface area contributed by atoms with Crippen molar-refractivity contribution in [3.05, 3.63) is 42.0 Å². The fourth-order valence-electron chi connectivity index (χ4n) is 2.13. The number of nitrogens with zero attached hydrogens (tertiary/aromatic N) is 1. The van der Waals surface area contributed by atoms with Gasteiger partial charge in [-0.1, -0.05) is 25.0 Å². The average molecular weight is 274 g/mol. The molecule has 2 aromatic rings. The number of nitrogens with one attached hydrogen (secondary N) is 1. The van der Waals surface area contributed by atoms with E-state index in [2.05, 4.69) is 9.97 Å². The van der Waals surface area contributed by atoms with Crippen LogP contribution >= 0.6 is 0 Å². The van der Waals surface area contributed by atoms with Crippen LogP contribution in [0, 0.1) is 6.92 Å². The van der Waals surface area contributed by atoms with E-state index in [0.29, 0.717) is 12.4 Å². The summed E-state index contributed by atoms with van der Waals surface area (Å²) in [6.45, 7) is 2.63. The molecule has 0 fully saturated rings. The molecule has 0 atom stereocenters. The van der Waals surface area contributed by atoms with Crippen LogP contribution in [0.1, 0.15) is 37.2 Å². The van der Waals surface area contributed by atoms with Crippen molar-refractivity contribution < 1.29 is 9.84 Å². The van der Waals surface area contributed by atoms with Gasteiger partial charge in [0.2, 0.25) is 0 Å². The van der Waals surface area contributed by atoms with Crippen LogP contribution in [0.5, 0.6) is 11.5 Å². The van der Waals surface area contributed by atoms with Crippen LogP contribution in [0.3, 0.4) is 0 Å². The van der Waals surface area contributed by atoms with E-state index < -0.39 is 0 Å². The van der Waals surface area contributed by atoms with Crippen molar-refractivity contribution in [2.75, 3.05) is 6.61 Å². The van der Waals surface area contributed by atoms with Crippen LogP contribution in [-0.4, -0.2) is 21.7 Å². The number of benzene rings is 1. The normalized spacial score (nSPS) is 10.7. The van der Waals surface area contributed by atoms with E-state index in [0.717, 1.165) is 31.5 Å². The lowest BCUT2D eigenvalue weighted by Crippen LogP contribution is -1.97. The topological polar surface area (TPSA) is 58.1 Å². The van der Waals surface area contributed by atoms with Crippen molar-refractivity contribution in [1.82, 2.24) is 9.97 Å². The molecular formula is C16H22N2O2. The fourth-order valence-corrected chi connectivity index (χ4v) is 2.13. The van der Waals surface area contributed by atoms with Gasteiger partial charge in [-0.2, -0.15) is 0 Å². The lowest BCUT2D eigenvalue weighted by molar-refractivity contribution is 0.289. The van der Waals surface area contributed by atoms with Crippen LogP contribution in [0.15, 0.2) is 30.5 Å². The molecule has 108 valence electrons. The highest BCUT2D eigenvalue weighted by molar-refractivity contribution is 5.37. The molecule has 0 aliphatic carbocycles. The maximum absolute atomic E-state index is 9.54. The van der Waals surface area contributed by atoms with E-state index in [1.807, 2.05) is 19.2 Å². The second-order valence-electron chi connectivity index (χ2n) is 4.97. The maximum Gasteiger partial charge on any atom is 0.160 e. The van der Waals surface area contributed by atoms with Gasteiger partial charge in [0.25, 0.3) is 0 Å². The smallest absolute Gasteiger partial charge is 0.160 e. The molecule has 4 nitrogen and oxygen atoms in total. The molecule has 20 heavy (non-hydrogen) atoms. The van der Waals surface area contributed by atoms with Gasteiger partial charge in [0, 0.05) is 11.9 Å². The van der Waals surface area contributed by atoms with Crippen LogP contribution in [0.2, 0.25) is 0 Å². The summed E-state index contributed by atoms with van der Waals surface area (Å²) in [6.07, 6.45) is 7.47. The summed E-state index contributed by atoms with van der Waals surface area (Å²) in [5.74, 6) is 1.76. The number of ether oxygens (including phenoxy) is 1. The number of hydrogen-bond acceptors (Lipinski definition) is 3. The number of H-pyrrole nitrogens is 1. The predicted octanol–water partition coefficient (Wildman–Crippen LogP) is 3.61. The first kappa shape index (κ1) is 14.4. The number of aromatic hydroxyl groups is 1. The molecule has 0 spiro atoms. The molecule has 1 aromatic heterocycles. The molecular weight excluding hydrogens is 252 g/mol. The van der Waals surface area contributed by atoms with E-state index in [1.165, 1.54) is 12.1 Å². The third-order valence-corrected chi connectivity index (χ3v) is 3.22. The van der Waals surface area contributed by atoms with E-state index >= 15 is 0 Å². The molecule has 0 aliphatic heterocycles. The Morgan fingerprint density at radius 1 is 1.15 bits per heavy atom. The highest BCUT2D eigenvalue weighted by Gasteiger charge is 2.00. The SMILES string of the molecule is Cc1ncc(CCCCCCOc2ccccc2O)[nH]1. The van der Waals surface area contributed by atoms with Gasteiger partial charge in [0.1, 0.15) is 5.82 Å². The second-order valence-corrected chi connectivity index (χ2v) is 4.97. The molecule has 0 unspecified atom stereocenters. The van der Waals surface area contributed by atoms with Gasteiger partial charge < -0.3 is 14.8 Å². The zero-order valence-corrected chi connectivity index (χ0v) is 11.9. The molecule has 1 aromatic carbocycles. The van der Waals surface area contributed by atoms with E-state index in [4.69, 9.17) is 4.74 Å². The average Bonchev–Trinajstić information content (AvgIpc) is 2.85. The van der Waals surface area contributed by atoms with Crippen LogP contribution in [0.25, 0.3) is 0 Å². The molecule has 0 aliphatic rings. The second kappa shape index (κ2) is 7.58. The summed E-state index contributed by atoms with van der Waals surface area (Å²) < 4.78 is 5.54. The van der Waals surface area contributed by atoms with Gasteiger partial charge in [-0.05, 0) is 38.3 Å². The summed E-state index contributed by atoms with van der Waals surface area (Å²) in [6, 6.07) is 7.08. The molecule has 0 bridgehead atoms. The number of para-hydroxylation sites is 2. The summed E-state index contributed by atoms with van der Waals surface area (Å²) in [5, 5.41) is 9.54. The minimum atomic E-state index is 0.210. The minimum absolute atomic E-state index is 0.210. The largest absolute Gasteiger partial charge is 0.504 e. The third kappa shape index (κ3) is 4.61. The Morgan fingerprint density at radius 2 is 1.95 bits per heavy atom. The maximum atomic E-state index is 9.54. The highest BCUT2D eigenvalue weighted by Crippen LogP contribution is 2.24. The van der Waals surface area contributed by atoms with Crippen molar-refractivity contribution in [1.29, 1.82) is 0 Å². The molecule has 2 N–H and O–H groups in total. The zero-order chi connectivity index (χ0) is 14.2. The van der Waals surface area contributed by atoms with Crippen molar-refractivity contribution in [2.45, 2.75) is 39.0 Å². The lowest BCUT2D eigenvalue weighted by atomic mass is 10.1. The molecule has 0 saturated heterocycles. The number of phenols is 1. The van der Waals surface area contributed by atoms with Crippen molar-refractivity contribution >= 4 is 0 Å². The van der Waals surface area contributed by atoms with Gasteiger partial charge in [-0.3, -0.25) is 0 Å². The first-order valence-electron chi connectivity index (χ1n) is 7.17. The van der Waals surface area contributed by atoms with Gasteiger partial charge in [0.15, 0.2) is 11.5 Å². The van der Waals surface area contributed by atoms with E-state index in [1.54, 1.807) is 18.2 Å². The van der Waals surface area contributed by atoms with Crippen molar-refractivity contribution in [3.8, 4) is 11.5 Å². The fraction of sp³-hybridized carbons (Fsp3) is 0.438. The van der Waals surface area contributed by atoms with E-state index in [9.17, 15) is 5.11 Å². The van der Waals surface area contributed by atoms with Crippen LogP contribution in [-0.2, 0) is 6.42 Å². The Morgan fingerprint density at radius 3 is 2.70 bits per heavy atom. The van der Waals surface area contributed by atoms with Crippen molar-refractivity contribution in [3.63, 3.8) is 0 Å². The Bertz CT molecular complexity index is 523. The first-order chi connectivity index (χ1) is 9.75. The Hall–Kier alpha value is -1.97. The Balaban J connectivity index is 1.53. The number of phenolic OH excluding ortho intramolecular Hbond substituents is 1. The zero-order valence-electron chi connectivity index (χ0n) is 11.9. The number of rotatable bonds is 8.